The lowest BCUT2D eigenvalue weighted by Crippen LogP contribution is -2.33. The molecular formula is C11H12N6O3. The second-order valence-electron chi connectivity index (χ2n) is 3.87. The van der Waals surface area contributed by atoms with Gasteiger partial charge in [0.25, 0.3) is 5.91 Å². The third-order valence-electron chi connectivity index (χ3n) is 2.22. The Morgan fingerprint density at radius 3 is 2.90 bits per heavy atom. The molecule has 0 aromatic carbocycles. The van der Waals surface area contributed by atoms with Crippen molar-refractivity contribution >= 4 is 17.7 Å². The molecule has 104 valence electrons. The molecule has 0 bridgehead atoms. The molecule has 0 atom stereocenters. The number of carbonyl (C=O) groups is 2. The van der Waals surface area contributed by atoms with Crippen LogP contribution in [0, 0.1) is 0 Å². The molecule has 0 fully saturated rings. The third kappa shape index (κ3) is 4.05. The quantitative estimate of drug-likeness (QED) is 0.604. The van der Waals surface area contributed by atoms with Gasteiger partial charge in [-0.2, -0.15) is 0 Å². The van der Waals surface area contributed by atoms with E-state index < -0.39 is 5.97 Å². The van der Waals surface area contributed by atoms with Crippen molar-refractivity contribution in [2.75, 3.05) is 5.43 Å². The molecule has 2 rings (SSSR count). The van der Waals surface area contributed by atoms with Crippen molar-refractivity contribution in [2.45, 2.75) is 13.0 Å². The number of nitrogens with one attached hydrogen (secondary N) is 2. The number of hydrogen-bond acceptors (Lipinski definition) is 6. The van der Waals surface area contributed by atoms with E-state index in [4.69, 9.17) is 5.11 Å². The van der Waals surface area contributed by atoms with Crippen molar-refractivity contribution in [1.29, 1.82) is 0 Å². The Hall–Kier alpha value is -2.97. The molecule has 0 saturated heterocycles. The monoisotopic (exact) mass is 276 g/mol. The molecule has 2 aromatic heterocycles. The molecule has 0 aliphatic rings. The second kappa shape index (κ2) is 6.27. The largest absolute Gasteiger partial charge is 0.481 e. The Bertz CT molecular complexity index is 597. The first-order chi connectivity index (χ1) is 9.63. The number of carboxylic acids is 1. The van der Waals surface area contributed by atoms with E-state index >= 15 is 0 Å². The summed E-state index contributed by atoms with van der Waals surface area (Å²) in [6.45, 7) is -0.0769. The zero-order chi connectivity index (χ0) is 14.4. The zero-order valence-corrected chi connectivity index (χ0v) is 10.4. The van der Waals surface area contributed by atoms with Gasteiger partial charge in [-0.3, -0.25) is 20.4 Å². The van der Waals surface area contributed by atoms with Crippen LogP contribution >= 0.6 is 0 Å². The molecule has 0 unspecified atom stereocenters. The minimum absolute atomic E-state index is 0.0769. The van der Waals surface area contributed by atoms with Crippen LogP contribution in [-0.2, 0) is 22.6 Å². The molecular weight excluding hydrogens is 264 g/mol. The summed E-state index contributed by atoms with van der Waals surface area (Å²) in [5, 5.41) is 15.9. The van der Waals surface area contributed by atoms with Gasteiger partial charge in [-0.05, 0) is 12.1 Å². The summed E-state index contributed by atoms with van der Waals surface area (Å²) in [4.78, 5) is 26.1. The first-order valence-corrected chi connectivity index (χ1v) is 5.70. The first-order valence-electron chi connectivity index (χ1n) is 5.70. The lowest BCUT2D eigenvalue weighted by molar-refractivity contribution is -0.136. The van der Waals surface area contributed by atoms with Gasteiger partial charge in [-0.25, -0.2) is 9.67 Å². The summed E-state index contributed by atoms with van der Waals surface area (Å²) < 4.78 is 1.26. The third-order valence-corrected chi connectivity index (χ3v) is 2.22. The van der Waals surface area contributed by atoms with Crippen molar-refractivity contribution in [3.8, 4) is 0 Å². The normalized spacial score (nSPS) is 10.0. The van der Waals surface area contributed by atoms with Gasteiger partial charge in [-0.15, -0.1) is 5.10 Å². The van der Waals surface area contributed by atoms with Crippen molar-refractivity contribution < 1.29 is 14.7 Å². The van der Waals surface area contributed by atoms with E-state index in [1.807, 2.05) is 0 Å². The van der Waals surface area contributed by atoms with E-state index in [1.54, 1.807) is 24.4 Å². The van der Waals surface area contributed by atoms with Crippen LogP contribution in [0.1, 0.15) is 5.69 Å². The number of hydrogen-bond donors (Lipinski definition) is 3. The summed E-state index contributed by atoms with van der Waals surface area (Å²) in [6.07, 6.45) is 2.77. The van der Waals surface area contributed by atoms with Crippen molar-refractivity contribution in [2.24, 2.45) is 0 Å². The summed E-state index contributed by atoms with van der Waals surface area (Å²) in [5.41, 5.74) is 5.37. The predicted octanol–water partition coefficient (Wildman–Crippen LogP) is -0.557. The van der Waals surface area contributed by atoms with Crippen LogP contribution in [0.25, 0.3) is 0 Å². The molecule has 0 spiro atoms. The van der Waals surface area contributed by atoms with E-state index in [2.05, 4.69) is 26.1 Å². The number of pyridine rings is 1. The van der Waals surface area contributed by atoms with Gasteiger partial charge in [0.2, 0.25) is 0 Å². The lowest BCUT2D eigenvalue weighted by Gasteiger charge is -2.06. The average Bonchev–Trinajstić information content (AvgIpc) is 2.84. The standard InChI is InChI=1S/C11H12N6O3/c18-10(15-14-9-3-1-2-4-12-9)7-17-6-8(13-16-17)5-11(19)20/h1-4,6H,5,7H2,(H,12,14)(H,15,18)(H,19,20). The summed E-state index contributed by atoms with van der Waals surface area (Å²) >= 11 is 0. The maximum atomic E-state index is 11.6. The Labute approximate surface area is 113 Å². The van der Waals surface area contributed by atoms with Gasteiger partial charge >= 0.3 is 5.97 Å². The van der Waals surface area contributed by atoms with Crippen LogP contribution in [0.5, 0.6) is 0 Å². The van der Waals surface area contributed by atoms with Gasteiger partial charge in [-0.1, -0.05) is 11.3 Å². The minimum Gasteiger partial charge on any atom is -0.481 e. The van der Waals surface area contributed by atoms with Gasteiger partial charge in [0.05, 0.1) is 12.1 Å². The highest BCUT2D eigenvalue weighted by atomic mass is 16.4. The molecule has 3 N–H and O–H groups in total. The maximum absolute atomic E-state index is 11.6. The highest BCUT2D eigenvalue weighted by Crippen LogP contribution is 1.97. The number of nitrogens with zero attached hydrogens (tertiary/aromatic N) is 4. The number of amides is 1. The second-order valence-corrected chi connectivity index (χ2v) is 3.87. The summed E-state index contributed by atoms with van der Waals surface area (Å²) in [5.74, 6) is -0.855. The van der Waals surface area contributed by atoms with Crippen LogP contribution in [0.15, 0.2) is 30.6 Å². The topological polar surface area (TPSA) is 122 Å². The number of aromatic nitrogens is 4. The molecule has 2 heterocycles. The number of rotatable bonds is 6. The molecule has 2 aromatic rings. The molecule has 20 heavy (non-hydrogen) atoms. The van der Waals surface area contributed by atoms with Gasteiger partial charge in [0.15, 0.2) is 0 Å². The van der Waals surface area contributed by atoms with Crippen molar-refractivity contribution in [3.63, 3.8) is 0 Å². The van der Waals surface area contributed by atoms with Crippen molar-refractivity contribution in [3.05, 3.63) is 36.3 Å². The highest BCUT2D eigenvalue weighted by molar-refractivity contribution is 5.76. The predicted molar refractivity (Wildman–Crippen MR) is 67.4 cm³/mol. The molecule has 0 saturated carbocycles. The number of carboxylic acid groups (broad SMARTS) is 1. The van der Waals surface area contributed by atoms with E-state index in [0.717, 1.165) is 0 Å². The Kier molecular flexibility index (Phi) is 4.22. The smallest absolute Gasteiger partial charge is 0.309 e. The average molecular weight is 276 g/mol. The van der Waals surface area contributed by atoms with Crippen LogP contribution in [0.4, 0.5) is 5.82 Å². The Morgan fingerprint density at radius 1 is 1.35 bits per heavy atom. The molecule has 0 aliphatic heterocycles. The van der Waals surface area contributed by atoms with Crippen LogP contribution in [0.2, 0.25) is 0 Å². The molecule has 0 radical (unpaired) electrons. The fourth-order valence-corrected chi connectivity index (χ4v) is 1.41. The van der Waals surface area contributed by atoms with Crippen LogP contribution in [0.3, 0.4) is 0 Å². The van der Waals surface area contributed by atoms with Crippen LogP contribution < -0.4 is 10.9 Å². The zero-order valence-electron chi connectivity index (χ0n) is 10.4. The first kappa shape index (κ1) is 13.5. The van der Waals surface area contributed by atoms with E-state index in [0.29, 0.717) is 11.5 Å². The van der Waals surface area contributed by atoms with Crippen LogP contribution in [-0.4, -0.2) is 37.0 Å². The molecule has 9 nitrogen and oxygen atoms in total. The van der Waals surface area contributed by atoms with E-state index in [1.165, 1.54) is 10.9 Å². The summed E-state index contributed by atoms with van der Waals surface area (Å²) in [7, 11) is 0. The SMILES string of the molecule is O=C(O)Cc1cn(CC(=O)NNc2ccccn2)nn1. The summed E-state index contributed by atoms with van der Waals surface area (Å²) in [6, 6.07) is 5.23. The molecule has 0 aliphatic carbocycles. The minimum atomic E-state index is -1.00. The number of hydrazine groups is 1. The van der Waals surface area contributed by atoms with Crippen molar-refractivity contribution in [1.82, 2.24) is 25.4 Å². The lowest BCUT2D eigenvalue weighted by atomic mass is 10.3. The maximum Gasteiger partial charge on any atom is 0.309 e. The molecule has 9 heteroatoms. The van der Waals surface area contributed by atoms with Gasteiger partial charge < -0.3 is 5.11 Å². The van der Waals surface area contributed by atoms with E-state index in [-0.39, 0.29) is 18.9 Å². The number of carbonyl (C=O) groups excluding carboxylic acids is 1. The fourth-order valence-electron chi connectivity index (χ4n) is 1.41. The number of anilines is 1. The number of aliphatic carboxylic acids is 1. The fraction of sp³-hybridized carbons (Fsp3) is 0.182. The highest BCUT2D eigenvalue weighted by Gasteiger charge is 2.08. The van der Waals surface area contributed by atoms with Gasteiger partial charge in [0, 0.05) is 12.4 Å². The van der Waals surface area contributed by atoms with E-state index in [9.17, 15) is 9.59 Å². The van der Waals surface area contributed by atoms with Gasteiger partial charge in [0.1, 0.15) is 12.4 Å². The Balaban J connectivity index is 1.82. The Morgan fingerprint density at radius 2 is 2.20 bits per heavy atom. The molecule has 1 amide bonds.